The van der Waals surface area contributed by atoms with Crippen LogP contribution in [-0.2, 0) is 9.53 Å². The Morgan fingerprint density at radius 2 is 1.28 bits per heavy atom. The maximum absolute atomic E-state index is 12.4. The van der Waals surface area contributed by atoms with Crippen LogP contribution in [0, 0.1) is 0 Å². The summed E-state index contributed by atoms with van der Waals surface area (Å²) in [5.41, 5.74) is 2.86. The van der Waals surface area contributed by atoms with E-state index in [1.54, 1.807) is 86.0 Å². The molecule has 0 aliphatic carbocycles. The van der Waals surface area contributed by atoms with Gasteiger partial charge in [-0.3, -0.25) is 9.59 Å². The van der Waals surface area contributed by atoms with Crippen LogP contribution in [0.15, 0.2) is 78.9 Å². The molecule has 0 radical (unpaired) electrons. The summed E-state index contributed by atoms with van der Waals surface area (Å²) in [5, 5.41) is 5.53. The van der Waals surface area contributed by atoms with E-state index in [-0.39, 0.29) is 11.8 Å². The molecule has 0 saturated heterocycles. The highest BCUT2D eigenvalue weighted by Crippen LogP contribution is 2.17. The largest absolute Gasteiger partial charge is 0.497 e. The minimum atomic E-state index is -0.417. The number of esters is 1. The Morgan fingerprint density at radius 1 is 0.719 bits per heavy atom. The molecule has 0 aliphatic heterocycles. The minimum Gasteiger partial charge on any atom is -0.497 e. The average Bonchev–Trinajstić information content (AvgIpc) is 2.83. The lowest BCUT2D eigenvalue weighted by atomic mass is 10.1. The second kappa shape index (κ2) is 10.6. The molecule has 162 valence electrons. The smallest absolute Gasteiger partial charge is 0.337 e. The third-order valence-corrected chi connectivity index (χ3v) is 4.52. The van der Waals surface area contributed by atoms with Gasteiger partial charge < -0.3 is 20.1 Å². The van der Waals surface area contributed by atoms with Crippen LogP contribution in [0.5, 0.6) is 5.75 Å². The van der Waals surface area contributed by atoms with Crippen molar-refractivity contribution in [2.45, 2.75) is 0 Å². The fourth-order valence-electron chi connectivity index (χ4n) is 2.79. The summed E-state index contributed by atoms with van der Waals surface area (Å²) in [5.74, 6) is -0.296. The number of ether oxygens (including phenoxy) is 2. The zero-order valence-electron chi connectivity index (χ0n) is 17.6. The standard InChI is InChI=1S/C25H22N2O5/c1-31-22-14-12-21(13-15-22)27-24(29)18-8-10-20(11-9-18)26-23(28)16-5-17-3-6-19(7-4-17)25(30)32-2/h3-16H,1-2H3,(H,26,28)(H,27,29)/b16-5+. The number of benzene rings is 3. The van der Waals surface area contributed by atoms with Crippen molar-refractivity contribution in [1.29, 1.82) is 0 Å². The van der Waals surface area contributed by atoms with Gasteiger partial charge in [-0.25, -0.2) is 4.79 Å². The van der Waals surface area contributed by atoms with Gasteiger partial charge in [-0.1, -0.05) is 12.1 Å². The quantitative estimate of drug-likeness (QED) is 0.428. The molecule has 0 fully saturated rings. The maximum Gasteiger partial charge on any atom is 0.337 e. The summed E-state index contributed by atoms with van der Waals surface area (Å²) < 4.78 is 9.75. The first kappa shape index (κ1) is 22.3. The molecule has 3 aromatic carbocycles. The summed E-state index contributed by atoms with van der Waals surface area (Å²) in [6.07, 6.45) is 3.02. The van der Waals surface area contributed by atoms with Crippen molar-refractivity contribution in [3.8, 4) is 5.75 Å². The number of hydrogen-bond donors (Lipinski definition) is 2. The number of methoxy groups -OCH3 is 2. The van der Waals surface area contributed by atoms with Crippen LogP contribution in [0.1, 0.15) is 26.3 Å². The lowest BCUT2D eigenvalue weighted by molar-refractivity contribution is -0.111. The van der Waals surface area contributed by atoms with Gasteiger partial charge in [0.25, 0.3) is 5.91 Å². The number of carbonyl (C=O) groups excluding carboxylic acids is 3. The summed E-state index contributed by atoms with van der Waals surface area (Å²) in [4.78, 5) is 36.0. The molecule has 0 bridgehead atoms. The van der Waals surface area contributed by atoms with E-state index in [0.717, 1.165) is 5.56 Å². The van der Waals surface area contributed by atoms with Crippen LogP contribution in [0.4, 0.5) is 11.4 Å². The second-order valence-electron chi connectivity index (χ2n) is 6.70. The zero-order valence-corrected chi connectivity index (χ0v) is 17.6. The SMILES string of the molecule is COC(=O)c1ccc(/C=C/C(=O)Nc2ccc(C(=O)Nc3ccc(OC)cc3)cc2)cc1. The number of rotatable bonds is 7. The first-order valence-corrected chi connectivity index (χ1v) is 9.71. The molecule has 0 heterocycles. The Bertz CT molecular complexity index is 1120. The third-order valence-electron chi connectivity index (χ3n) is 4.52. The molecule has 0 aromatic heterocycles. The van der Waals surface area contributed by atoms with Crippen molar-refractivity contribution >= 4 is 35.2 Å². The van der Waals surface area contributed by atoms with Crippen LogP contribution in [-0.4, -0.2) is 32.0 Å². The molecule has 0 atom stereocenters. The van der Waals surface area contributed by atoms with E-state index in [1.165, 1.54) is 13.2 Å². The molecule has 3 rings (SSSR count). The fourth-order valence-corrected chi connectivity index (χ4v) is 2.79. The Morgan fingerprint density at radius 3 is 1.88 bits per heavy atom. The average molecular weight is 430 g/mol. The van der Waals surface area contributed by atoms with Gasteiger partial charge in [-0.05, 0) is 72.3 Å². The summed E-state index contributed by atoms with van der Waals surface area (Å²) >= 11 is 0. The summed E-state index contributed by atoms with van der Waals surface area (Å²) in [6.45, 7) is 0. The van der Waals surface area contributed by atoms with Gasteiger partial charge in [-0.2, -0.15) is 0 Å². The first-order valence-electron chi connectivity index (χ1n) is 9.71. The van der Waals surface area contributed by atoms with Crippen molar-refractivity contribution in [3.63, 3.8) is 0 Å². The Hall–Kier alpha value is -4.39. The van der Waals surface area contributed by atoms with E-state index < -0.39 is 5.97 Å². The number of anilines is 2. The van der Waals surface area contributed by atoms with Gasteiger partial charge in [0.1, 0.15) is 5.75 Å². The van der Waals surface area contributed by atoms with E-state index >= 15 is 0 Å². The summed E-state index contributed by atoms with van der Waals surface area (Å²) in [7, 11) is 2.90. The van der Waals surface area contributed by atoms with Crippen molar-refractivity contribution in [3.05, 3.63) is 95.6 Å². The molecular weight excluding hydrogens is 408 g/mol. The topological polar surface area (TPSA) is 93.7 Å². The monoisotopic (exact) mass is 430 g/mol. The molecule has 7 nitrogen and oxygen atoms in total. The highest BCUT2D eigenvalue weighted by Gasteiger charge is 2.07. The zero-order chi connectivity index (χ0) is 22.9. The van der Waals surface area contributed by atoms with E-state index in [2.05, 4.69) is 15.4 Å². The molecule has 7 heteroatoms. The van der Waals surface area contributed by atoms with Crippen LogP contribution < -0.4 is 15.4 Å². The van der Waals surface area contributed by atoms with Crippen LogP contribution in [0.3, 0.4) is 0 Å². The molecular formula is C25H22N2O5. The van der Waals surface area contributed by atoms with E-state index in [9.17, 15) is 14.4 Å². The predicted molar refractivity (Wildman–Crippen MR) is 123 cm³/mol. The predicted octanol–water partition coefficient (Wildman–Crippen LogP) is 4.39. The van der Waals surface area contributed by atoms with Crippen molar-refractivity contribution < 1.29 is 23.9 Å². The lowest BCUT2D eigenvalue weighted by Gasteiger charge is -2.07. The summed E-state index contributed by atoms with van der Waals surface area (Å²) in [6, 6.07) is 20.3. The lowest BCUT2D eigenvalue weighted by Crippen LogP contribution is -2.12. The van der Waals surface area contributed by atoms with Crippen LogP contribution in [0.2, 0.25) is 0 Å². The number of hydrogen-bond acceptors (Lipinski definition) is 5. The highest BCUT2D eigenvalue weighted by molar-refractivity contribution is 6.05. The second-order valence-corrected chi connectivity index (χ2v) is 6.70. The molecule has 32 heavy (non-hydrogen) atoms. The van der Waals surface area contributed by atoms with Crippen LogP contribution >= 0.6 is 0 Å². The number of amides is 2. The highest BCUT2D eigenvalue weighted by atomic mass is 16.5. The van der Waals surface area contributed by atoms with Gasteiger partial charge in [0.2, 0.25) is 5.91 Å². The normalized spacial score (nSPS) is 10.4. The van der Waals surface area contributed by atoms with Crippen molar-refractivity contribution in [2.24, 2.45) is 0 Å². The van der Waals surface area contributed by atoms with Gasteiger partial charge in [0.15, 0.2) is 0 Å². The Balaban J connectivity index is 1.55. The van der Waals surface area contributed by atoms with Gasteiger partial charge >= 0.3 is 5.97 Å². The minimum absolute atomic E-state index is 0.261. The Labute approximate surface area is 185 Å². The fraction of sp³-hybridized carbons (Fsp3) is 0.0800. The van der Waals surface area contributed by atoms with Crippen molar-refractivity contribution in [2.75, 3.05) is 24.9 Å². The van der Waals surface area contributed by atoms with Gasteiger partial charge in [-0.15, -0.1) is 0 Å². The van der Waals surface area contributed by atoms with E-state index in [1.807, 2.05) is 0 Å². The number of carbonyl (C=O) groups is 3. The number of nitrogens with one attached hydrogen (secondary N) is 2. The molecule has 0 unspecified atom stereocenters. The van der Waals surface area contributed by atoms with Gasteiger partial charge in [0, 0.05) is 23.0 Å². The molecule has 0 aliphatic rings. The van der Waals surface area contributed by atoms with Crippen molar-refractivity contribution in [1.82, 2.24) is 0 Å². The molecule has 3 aromatic rings. The first-order chi connectivity index (χ1) is 15.5. The maximum atomic E-state index is 12.4. The van der Waals surface area contributed by atoms with Crippen LogP contribution in [0.25, 0.3) is 6.08 Å². The molecule has 2 N–H and O–H groups in total. The van der Waals surface area contributed by atoms with E-state index in [0.29, 0.717) is 28.3 Å². The molecule has 0 saturated carbocycles. The third kappa shape index (κ3) is 6.06. The van der Waals surface area contributed by atoms with Gasteiger partial charge in [0.05, 0.1) is 19.8 Å². The van der Waals surface area contributed by atoms with E-state index in [4.69, 9.17) is 4.74 Å². The molecule has 0 spiro atoms. The Kier molecular flexibility index (Phi) is 7.37. The molecule has 2 amide bonds.